The van der Waals surface area contributed by atoms with Gasteiger partial charge in [0.1, 0.15) is 5.82 Å². The van der Waals surface area contributed by atoms with E-state index in [1.165, 1.54) is 0 Å². The van der Waals surface area contributed by atoms with Gasteiger partial charge in [0.05, 0.1) is 0 Å². The maximum Gasteiger partial charge on any atom is 0.317 e. The maximum absolute atomic E-state index is 11.5. The number of carbonyl (C=O) groups excluding carboxylic acids is 1. The highest BCUT2D eigenvalue weighted by atomic mass is 16.2. The molecule has 1 saturated heterocycles. The number of hydrogen-bond donors (Lipinski definition) is 2. The molecule has 6 nitrogen and oxygen atoms in total. The molecule has 1 aromatic heterocycles. The largest absolute Gasteiger partial charge is 0.368 e. The van der Waals surface area contributed by atoms with Gasteiger partial charge in [-0.25, -0.2) is 14.8 Å². The van der Waals surface area contributed by atoms with Crippen molar-refractivity contribution in [3.63, 3.8) is 0 Å². The zero-order valence-corrected chi connectivity index (χ0v) is 12.5. The third-order valence-electron chi connectivity index (χ3n) is 3.52. The van der Waals surface area contributed by atoms with Crippen molar-refractivity contribution in [2.45, 2.75) is 6.92 Å². The van der Waals surface area contributed by atoms with E-state index in [0.29, 0.717) is 18.9 Å². The second-order valence-electron chi connectivity index (χ2n) is 5.23. The lowest BCUT2D eigenvalue weighted by molar-refractivity contribution is 0.219. The zero-order chi connectivity index (χ0) is 15.4. The highest BCUT2D eigenvalue weighted by Crippen LogP contribution is 2.17. The number of aromatic nitrogens is 2. The van der Waals surface area contributed by atoms with Gasteiger partial charge in [0.2, 0.25) is 0 Å². The summed E-state index contributed by atoms with van der Waals surface area (Å²) >= 11 is 0. The Bertz CT molecular complexity index is 659. The van der Waals surface area contributed by atoms with Crippen LogP contribution in [0.3, 0.4) is 0 Å². The van der Waals surface area contributed by atoms with Gasteiger partial charge in [-0.2, -0.15) is 0 Å². The number of nitrogens with zero attached hydrogens (tertiary/aromatic N) is 3. The number of nitrogens with one attached hydrogen (secondary N) is 2. The Hall–Kier alpha value is -2.63. The number of carbonyl (C=O) groups is 1. The molecule has 0 saturated carbocycles. The number of aryl methyl sites for hydroxylation is 1. The molecule has 3 rings (SSSR count). The highest BCUT2D eigenvalue weighted by molar-refractivity contribution is 5.76. The number of benzene rings is 1. The van der Waals surface area contributed by atoms with Crippen LogP contribution < -0.4 is 10.6 Å². The van der Waals surface area contributed by atoms with Gasteiger partial charge in [-0.15, -0.1) is 0 Å². The summed E-state index contributed by atoms with van der Waals surface area (Å²) in [4.78, 5) is 22.3. The van der Waals surface area contributed by atoms with E-state index in [-0.39, 0.29) is 6.03 Å². The van der Waals surface area contributed by atoms with E-state index in [0.717, 1.165) is 30.2 Å². The average Bonchev–Trinajstić information content (AvgIpc) is 2.93. The van der Waals surface area contributed by atoms with Crippen LogP contribution in [-0.2, 0) is 0 Å². The molecule has 0 aliphatic carbocycles. The van der Waals surface area contributed by atoms with Gasteiger partial charge in [0, 0.05) is 43.5 Å². The number of anilines is 1. The average molecular weight is 297 g/mol. The first-order valence-corrected chi connectivity index (χ1v) is 7.40. The maximum atomic E-state index is 11.5. The van der Waals surface area contributed by atoms with Crippen molar-refractivity contribution in [2.24, 2.45) is 0 Å². The second kappa shape index (κ2) is 6.43. The van der Waals surface area contributed by atoms with Gasteiger partial charge >= 0.3 is 6.03 Å². The van der Waals surface area contributed by atoms with Gasteiger partial charge in [-0.3, -0.25) is 0 Å². The number of hydrogen-bond acceptors (Lipinski definition) is 4. The predicted octanol–water partition coefficient (Wildman–Crippen LogP) is 1.89. The van der Waals surface area contributed by atoms with E-state index in [9.17, 15) is 4.79 Å². The summed E-state index contributed by atoms with van der Waals surface area (Å²) in [6.07, 6.45) is 0. The Balaban J connectivity index is 1.66. The Morgan fingerprint density at radius 1 is 1.27 bits per heavy atom. The molecular formula is C16H19N5O. The van der Waals surface area contributed by atoms with E-state index >= 15 is 0 Å². The third-order valence-corrected chi connectivity index (χ3v) is 3.52. The minimum absolute atomic E-state index is 0.00522. The second-order valence-corrected chi connectivity index (χ2v) is 5.23. The van der Waals surface area contributed by atoms with Crippen molar-refractivity contribution < 1.29 is 4.79 Å². The lowest BCUT2D eigenvalue weighted by Crippen LogP contribution is -2.32. The van der Waals surface area contributed by atoms with Gasteiger partial charge < -0.3 is 15.5 Å². The number of urea groups is 1. The fraction of sp³-hybridized carbons (Fsp3) is 0.312. The molecule has 2 N–H and O–H groups in total. The van der Waals surface area contributed by atoms with Crippen LogP contribution >= 0.6 is 0 Å². The Morgan fingerprint density at radius 2 is 2.09 bits per heavy atom. The predicted molar refractivity (Wildman–Crippen MR) is 85.7 cm³/mol. The Labute approximate surface area is 129 Å². The standard InChI is InChI=1S/C16H19N5O/c1-12-11-14(17-7-9-21-10-8-18-16(21)22)20-15(19-12)13-5-3-2-4-6-13/h2-6,11H,7-10H2,1H3,(H,18,22)(H,17,19,20). The third kappa shape index (κ3) is 3.33. The first-order valence-electron chi connectivity index (χ1n) is 7.40. The summed E-state index contributed by atoms with van der Waals surface area (Å²) in [5.41, 5.74) is 1.91. The van der Waals surface area contributed by atoms with Crippen molar-refractivity contribution in [3.05, 3.63) is 42.1 Å². The smallest absolute Gasteiger partial charge is 0.317 e. The number of amides is 2. The molecule has 2 heterocycles. The molecule has 0 atom stereocenters. The lowest BCUT2D eigenvalue weighted by atomic mass is 10.2. The normalized spacial score (nSPS) is 14.0. The molecule has 0 unspecified atom stereocenters. The van der Waals surface area contributed by atoms with Crippen LogP contribution in [0.25, 0.3) is 11.4 Å². The van der Waals surface area contributed by atoms with E-state index in [2.05, 4.69) is 20.6 Å². The van der Waals surface area contributed by atoms with E-state index < -0.39 is 0 Å². The summed E-state index contributed by atoms with van der Waals surface area (Å²) in [6, 6.07) is 11.8. The minimum Gasteiger partial charge on any atom is -0.368 e. The molecule has 1 aliphatic rings. The molecule has 2 amide bonds. The van der Waals surface area contributed by atoms with Crippen molar-refractivity contribution >= 4 is 11.8 Å². The summed E-state index contributed by atoms with van der Waals surface area (Å²) in [6.45, 7) is 4.77. The summed E-state index contributed by atoms with van der Waals surface area (Å²) < 4.78 is 0. The molecule has 22 heavy (non-hydrogen) atoms. The molecule has 0 bridgehead atoms. The van der Waals surface area contributed by atoms with Gasteiger partial charge in [-0.1, -0.05) is 30.3 Å². The lowest BCUT2D eigenvalue weighted by Gasteiger charge is -2.15. The van der Waals surface area contributed by atoms with E-state index in [4.69, 9.17) is 0 Å². The molecule has 1 aliphatic heterocycles. The van der Waals surface area contributed by atoms with Crippen LogP contribution in [0, 0.1) is 6.92 Å². The first kappa shape index (κ1) is 14.3. The first-order chi connectivity index (χ1) is 10.7. The monoisotopic (exact) mass is 297 g/mol. The fourth-order valence-electron chi connectivity index (χ4n) is 2.42. The molecule has 1 aromatic carbocycles. The van der Waals surface area contributed by atoms with E-state index in [1.54, 1.807) is 4.90 Å². The van der Waals surface area contributed by atoms with E-state index in [1.807, 2.05) is 43.3 Å². The molecule has 1 fully saturated rings. The highest BCUT2D eigenvalue weighted by Gasteiger charge is 2.18. The molecule has 114 valence electrons. The van der Waals surface area contributed by atoms with Gasteiger partial charge in [-0.05, 0) is 6.92 Å². The summed E-state index contributed by atoms with van der Waals surface area (Å²) in [5.74, 6) is 1.49. The summed E-state index contributed by atoms with van der Waals surface area (Å²) in [7, 11) is 0. The van der Waals surface area contributed by atoms with Crippen molar-refractivity contribution in [1.29, 1.82) is 0 Å². The molecular weight excluding hydrogens is 278 g/mol. The van der Waals surface area contributed by atoms with Crippen LogP contribution in [0.1, 0.15) is 5.69 Å². The van der Waals surface area contributed by atoms with Crippen molar-refractivity contribution in [2.75, 3.05) is 31.5 Å². The van der Waals surface area contributed by atoms with Crippen LogP contribution in [0.2, 0.25) is 0 Å². The molecule has 0 radical (unpaired) electrons. The van der Waals surface area contributed by atoms with Crippen LogP contribution in [0.15, 0.2) is 36.4 Å². The van der Waals surface area contributed by atoms with Crippen molar-refractivity contribution in [1.82, 2.24) is 20.2 Å². The topological polar surface area (TPSA) is 70.2 Å². The molecule has 0 spiro atoms. The SMILES string of the molecule is Cc1cc(NCCN2CCNC2=O)nc(-c2ccccc2)n1. The van der Waals surface area contributed by atoms with Gasteiger partial charge in [0.25, 0.3) is 0 Å². The quantitative estimate of drug-likeness (QED) is 0.884. The Kier molecular flexibility index (Phi) is 4.18. The van der Waals surface area contributed by atoms with Crippen LogP contribution in [-0.4, -0.2) is 47.1 Å². The minimum atomic E-state index is 0.00522. The van der Waals surface area contributed by atoms with Crippen LogP contribution in [0.4, 0.5) is 10.6 Å². The summed E-state index contributed by atoms with van der Waals surface area (Å²) in [5, 5.41) is 6.06. The van der Waals surface area contributed by atoms with Crippen LogP contribution in [0.5, 0.6) is 0 Å². The zero-order valence-electron chi connectivity index (χ0n) is 12.5. The Morgan fingerprint density at radius 3 is 2.82 bits per heavy atom. The fourth-order valence-corrected chi connectivity index (χ4v) is 2.42. The van der Waals surface area contributed by atoms with Crippen molar-refractivity contribution in [3.8, 4) is 11.4 Å². The number of rotatable bonds is 5. The molecule has 2 aromatic rings. The molecule has 6 heteroatoms. The van der Waals surface area contributed by atoms with Gasteiger partial charge in [0.15, 0.2) is 5.82 Å².